The minimum Gasteiger partial charge on any atom is -0.495 e. The fourth-order valence-electron chi connectivity index (χ4n) is 1.42. The van der Waals surface area contributed by atoms with Crippen molar-refractivity contribution in [2.75, 3.05) is 13.7 Å². The molecule has 0 fully saturated rings. The molecule has 0 radical (unpaired) electrons. The van der Waals surface area contributed by atoms with Gasteiger partial charge in [-0.05, 0) is 6.92 Å². The molecule has 1 aromatic rings. The van der Waals surface area contributed by atoms with Crippen molar-refractivity contribution in [2.45, 2.75) is 20.0 Å². The van der Waals surface area contributed by atoms with Crippen LogP contribution in [0.4, 0.5) is 17.6 Å². The number of aromatic nitrogens is 1. The molecule has 0 saturated carbocycles. The molecule has 0 bridgehead atoms. The number of hydrogen-bond acceptors (Lipinski definition) is 5. The van der Waals surface area contributed by atoms with E-state index in [2.05, 4.69) is 14.5 Å². The maximum absolute atomic E-state index is 12.7. The number of carbonyl (C=O) groups is 1. The number of nitrogens with zero attached hydrogens (tertiary/aromatic N) is 1. The maximum atomic E-state index is 12.7. The highest BCUT2D eigenvalue weighted by molar-refractivity contribution is 5.95. The van der Waals surface area contributed by atoms with Gasteiger partial charge >= 0.3 is 12.3 Å². The fraction of sp³-hybridized carbons (Fsp3) is 0.455. The van der Waals surface area contributed by atoms with Gasteiger partial charge in [0, 0.05) is 11.8 Å². The third-order valence-corrected chi connectivity index (χ3v) is 2.11. The van der Waals surface area contributed by atoms with E-state index < -0.39 is 36.2 Å². The molecule has 0 atom stereocenters. The zero-order valence-electron chi connectivity index (χ0n) is 10.6. The van der Waals surface area contributed by atoms with Crippen LogP contribution in [0.5, 0.6) is 11.6 Å². The number of carbonyl (C=O) groups excluding carboxylic acids is 1. The molecule has 20 heavy (non-hydrogen) atoms. The van der Waals surface area contributed by atoms with Gasteiger partial charge in [-0.15, -0.1) is 13.2 Å². The summed E-state index contributed by atoms with van der Waals surface area (Å²) in [7, 11) is 1.08. The van der Waals surface area contributed by atoms with Gasteiger partial charge in [-0.25, -0.2) is 14.2 Å². The van der Waals surface area contributed by atoms with Crippen molar-refractivity contribution < 1.29 is 36.6 Å². The molecule has 0 aliphatic rings. The third kappa shape index (κ3) is 3.72. The van der Waals surface area contributed by atoms with Crippen LogP contribution in [-0.2, 0) is 11.4 Å². The van der Waals surface area contributed by atoms with Crippen molar-refractivity contribution in [1.29, 1.82) is 0 Å². The van der Waals surface area contributed by atoms with E-state index in [4.69, 9.17) is 4.74 Å². The van der Waals surface area contributed by atoms with Gasteiger partial charge in [0.15, 0.2) is 5.56 Å². The molecule has 1 rings (SSSR count). The molecule has 9 heteroatoms. The first-order valence-corrected chi connectivity index (χ1v) is 5.38. The van der Waals surface area contributed by atoms with Gasteiger partial charge in [-0.3, -0.25) is 0 Å². The van der Waals surface area contributed by atoms with Crippen molar-refractivity contribution in [1.82, 2.24) is 4.98 Å². The molecule has 0 N–H and O–H groups in total. The predicted octanol–water partition coefficient (Wildman–Crippen LogP) is 2.64. The van der Waals surface area contributed by atoms with Crippen LogP contribution in [0.15, 0.2) is 6.20 Å². The highest BCUT2D eigenvalue weighted by Crippen LogP contribution is 2.34. The van der Waals surface area contributed by atoms with E-state index >= 15 is 0 Å². The van der Waals surface area contributed by atoms with Crippen molar-refractivity contribution >= 4 is 5.97 Å². The Bertz CT molecular complexity index is 490. The van der Waals surface area contributed by atoms with Gasteiger partial charge in [0.1, 0.15) is 12.4 Å². The first-order chi connectivity index (χ1) is 9.34. The van der Waals surface area contributed by atoms with E-state index in [-0.39, 0.29) is 12.2 Å². The molecule has 1 aromatic heterocycles. The van der Waals surface area contributed by atoms with Gasteiger partial charge in [0.2, 0.25) is 5.88 Å². The van der Waals surface area contributed by atoms with E-state index in [1.165, 1.54) is 6.92 Å². The molecule has 0 amide bonds. The van der Waals surface area contributed by atoms with Crippen molar-refractivity contribution in [3.8, 4) is 11.6 Å². The summed E-state index contributed by atoms with van der Waals surface area (Å²) in [6.07, 6.45) is -4.26. The number of alkyl halides is 4. The number of rotatable bonds is 5. The lowest BCUT2D eigenvalue weighted by Crippen LogP contribution is -2.21. The molecule has 112 valence electrons. The number of esters is 1. The maximum Gasteiger partial charge on any atom is 0.574 e. The number of hydrogen-bond donors (Lipinski definition) is 0. The summed E-state index contributed by atoms with van der Waals surface area (Å²) < 4.78 is 62.5. The van der Waals surface area contributed by atoms with Crippen LogP contribution < -0.4 is 9.47 Å². The van der Waals surface area contributed by atoms with Crippen LogP contribution in [0.25, 0.3) is 0 Å². The standard InChI is InChI=1S/C11H11F4NO4/c1-3-19-10(17)7-8(18-2)6(4-12)5-16-9(7)20-11(13,14)15/h5H,3-4H2,1-2H3. The largest absolute Gasteiger partial charge is 0.574 e. The second-order valence-electron chi connectivity index (χ2n) is 3.40. The second kappa shape index (κ2) is 6.40. The average Bonchev–Trinajstić information content (AvgIpc) is 2.36. The van der Waals surface area contributed by atoms with Crippen LogP contribution in [0, 0.1) is 0 Å². The molecule has 0 unspecified atom stereocenters. The van der Waals surface area contributed by atoms with Crippen LogP contribution in [0.2, 0.25) is 0 Å². The molecular formula is C11H11F4NO4. The first kappa shape index (κ1) is 16.0. The lowest BCUT2D eigenvalue weighted by atomic mass is 10.1. The van der Waals surface area contributed by atoms with Crippen LogP contribution in [0.1, 0.15) is 22.8 Å². The smallest absolute Gasteiger partial charge is 0.495 e. The lowest BCUT2D eigenvalue weighted by molar-refractivity contribution is -0.276. The third-order valence-electron chi connectivity index (χ3n) is 2.11. The Morgan fingerprint density at radius 1 is 1.40 bits per heavy atom. The Morgan fingerprint density at radius 2 is 2.05 bits per heavy atom. The summed E-state index contributed by atoms with van der Waals surface area (Å²) in [6.45, 7) is 0.295. The van der Waals surface area contributed by atoms with Crippen LogP contribution >= 0.6 is 0 Å². The minimum absolute atomic E-state index is 0.0900. The number of pyridine rings is 1. The van der Waals surface area contributed by atoms with E-state index in [0.29, 0.717) is 0 Å². The fourth-order valence-corrected chi connectivity index (χ4v) is 1.42. The Kier molecular flexibility index (Phi) is 5.12. The van der Waals surface area contributed by atoms with Crippen molar-refractivity contribution in [3.05, 3.63) is 17.3 Å². The zero-order valence-corrected chi connectivity index (χ0v) is 10.6. The monoisotopic (exact) mass is 297 g/mol. The van der Waals surface area contributed by atoms with Gasteiger partial charge in [0.25, 0.3) is 0 Å². The molecule has 0 saturated heterocycles. The number of methoxy groups -OCH3 is 1. The van der Waals surface area contributed by atoms with E-state index in [1.54, 1.807) is 0 Å². The first-order valence-electron chi connectivity index (χ1n) is 5.38. The minimum atomic E-state index is -5.06. The Labute approximate surface area is 111 Å². The van der Waals surface area contributed by atoms with Crippen LogP contribution in [-0.4, -0.2) is 31.0 Å². The molecule has 1 heterocycles. The Balaban J connectivity index is 3.39. The molecular weight excluding hydrogens is 286 g/mol. The van der Waals surface area contributed by atoms with E-state index in [0.717, 1.165) is 13.3 Å². The van der Waals surface area contributed by atoms with Gasteiger partial charge in [0.05, 0.1) is 13.7 Å². The quantitative estimate of drug-likeness (QED) is 0.617. The SMILES string of the molecule is CCOC(=O)c1c(OC(F)(F)F)ncc(CF)c1OC. The average molecular weight is 297 g/mol. The van der Waals surface area contributed by atoms with E-state index in [9.17, 15) is 22.4 Å². The van der Waals surface area contributed by atoms with Crippen LogP contribution in [0.3, 0.4) is 0 Å². The Morgan fingerprint density at radius 3 is 2.50 bits per heavy atom. The molecule has 0 aliphatic heterocycles. The second-order valence-corrected chi connectivity index (χ2v) is 3.40. The summed E-state index contributed by atoms with van der Waals surface area (Å²) >= 11 is 0. The summed E-state index contributed by atoms with van der Waals surface area (Å²) in [5.74, 6) is -2.60. The predicted molar refractivity (Wildman–Crippen MR) is 58.2 cm³/mol. The highest BCUT2D eigenvalue weighted by atomic mass is 19.4. The highest BCUT2D eigenvalue weighted by Gasteiger charge is 2.36. The molecule has 0 aromatic carbocycles. The summed E-state index contributed by atoms with van der Waals surface area (Å²) in [5.41, 5.74) is -0.896. The van der Waals surface area contributed by atoms with Crippen molar-refractivity contribution in [2.24, 2.45) is 0 Å². The molecule has 0 aliphatic carbocycles. The summed E-state index contributed by atoms with van der Waals surface area (Å²) in [5, 5.41) is 0. The normalized spacial score (nSPS) is 11.1. The van der Waals surface area contributed by atoms with Crippen molar-refractivity contribution in [3.63, 3.8) is 0 Å². The summed E-state index contributed by atoms with van der Waals surface area (Å²) in [4.78, 5) is 15.0. The topological polar surface area (TPSA) is 57.7 Å². The summed E-state index contributed by atoms with van der Waals surface area (Å²) in [6, 6.07) is 0. The zero-order chi connectivity index (χ0) is 15.3. The van der Waals surface area contributed by atoms with Gasteiger partial charge in [-0.1, -0.05) is 0 Å². The van der Waals surface area contributed by atoms with Gasteiger partial charge < -0.3 is 14.2 Å². The number of ether oxygens (including phenoxy) is 3. The Hall–Kier alpha value is -2.06. The lowest BCUT2D eigenvalue weighted by Gasteiger charge is -2.15. The molecule has 5 nitrogen and oxygen atoms in total. The number of halogens is 4. The molecule has 0 spiro atoms. The van der Waals surface area contributed by atoms with Gasteiger partial charge in [-0.2, -0.15) is 0 Å². The van der Waals surface area contributed by atoms with E-state index in [1.807, 2.05) is 0 Å².